The fraction of sp³-hybridized carbons (Fsp3) is 0.226. The van der Waals surface area contributed by atoms with Crippen molar-refractivity contribution >= 4 is 40.8 Å². The predicted octanol–water partition coefficient (Wildman–Crippen LogP) is 6.14. The third kappa shape index (κ3) is 6.50. The molecule has 2 heterocycles. The van der Waals surface area contributed by atoms with Gasteiger partial charge in [0.05, 0.1) is 22.3 Å². The Morgan fingerprint density at radius 1 is 0.902 bits per heavy atom. The zero-order valence-electron chi connectivity index (χ0n) is 22.4. The average molecular weight is 593 g/mol. The van der Waals surface area contributed by atoms with Crippen molar-refractivity contribution < 1.29 is 14.0 Å². The number of aromatic nitrogens is 2. The number of halogens is 3. The van der Waals surface area contributed by atoms with E-state index in [-0.39, 0.29) is 18.0 Å². The molecule has 0 spiro atoms. The van der Waals surface area contributed by atoms with Crippen molar-refractivity contribution in [1.82, 2.24) is 20.0 Å². The predicted molar refractivity (Wildman–Crippen MR) is 159 cm³/mol. The Labute approximate surface area is 248 Å². The molecule has 0 bridgehead atoms. The lowest BCUT2D eigenvalue weighted by molar-refractivity contribution is -0.132. The third-order valence-corrected chi connectivity index (χ3v) is 7.78. The molecule has 3 aromatic carbocycles. The molecule has 210 valence electrons. The summed E-state index contributed by atoms with van der Waals surface area (Å²) in [6, 6.07) is 23.8. The van der Waals surface area contributed by atoms with E-state index in [0.717, 1.165) is 11.1 Å². The summed E-state index contributed by atoms with van der Waals surface area (Å²) in [6.07, 6.45) is 0. The first kappa shape index (κ1) is 28.5. The normalized spacial score (nSPS) is 14.0. The minimum Gasteiger partial charge on any atom is -0.352 e. The van der Waals surface area contributed by atoms with Crippen LogP contribution in [-0.2, 0) is 4.79 Å². The summed E-state index contributed by atoms with van der Waals surface area (Å²) in [6.45, 7) is 3.69. The van der Waals surface area contributed by atoms with Crippen molar-refractivity contribution in [3.8, 4) is 11.3 Å². The second-order valence-corrected chi connectivity index (χ2v) is 10.6. The molecule has 0 radical (unpaired) electrons. The van der Waals surface area contributed by atoms with Gasteiger partial charge in [-0.2, -0.15) is 0 Å². The van der Waals surface area contributed by atoms with Gasteiger partial charge in [-0.05, 0) is 55.0 Å². The number of anilines is 1. The molecule has 0 N–H and O–H groups in total. The maximum absolute atomic E-state index is 14.5. The van der Waals surface area contributed by atoms with E-state index < -0.39 is 17.8 Å². The van der Waals surface area contributed by atoms with E-state index >= 15 is 0 Å². The molecule has 1 saturated heterocycles. The van der Waals surface area contributed by atoms with Crippen LogP contribution in [0.3, 0.4) is 0 Å². The molecular formula is C31H28Cl2FN5O2. The number of piperazine rings is 1. The fourth-order valence-electron chi connectivity index (χ4n) is 4.85. The molecule has 5 rings (SSSR count). The van der Waals surface area contributed by atoms with Gasteiger partial charge in [-0.3, -0.25) is 9.59 Å². The second kappa shape index (κ2) is 12.7. The first-order chi connectivity index (χ1) is 19.8. The van der Waals surface area contributed by atoms with Gasteiger partial charge < -0.3 is 14.7 Å². The molecule has 1 atom stereocenters. The molecule has 10 heteroatoms. The van der Waals surface area contributed by atoms with E-state index in [1.54, 1.807) is 29.2 Å². The Bertz CT molecular complexity index is 1530. The van der Waals surface area contributed by atoms with Gasteiger partial charge in [-0.15, -0.1) is 10.2 Å². The van der Waals surface area contributed by atoms with Crippen LogP contribution in [0.5, 0.6) is 0 Å². The van der Waals surface area contributed by atoms with Gasteiger partial charge in [-0.25, -0.2) is 4.39 Å². The smallest absolute Gasteiger partial charge is 0.257 e. The van der Waals surface area contributed by atoms with Gasteiger partial charge in [0.15, 0.2) is 5.82 Å². The lowest BCUT2D eigenvalue weighted by Gasteiger charge is -2.37. The molecule has 7 nitrogen and oxygen atoms in total. The Morgan fingerprint density at radius 3 is 2.27 bits per heavy atom. The monoisotopic (exact) mass is 591 g/mol. The lowest BCUT2D eigenvalue weighted by Crippen LogP contribution is -2.52. The van der Waals surface area contributed by atoms with Crippen LogP contribution < -0.4 is 4.90 Å². The van der Waals surface area contributed by atoms with Gasteiger partial charge >= 0.3 is 0 Å². The van der Waals surface area contributed by atoms with Crippen LogP contribution >= 0.6 is 23.2 Å². The van der Waals surface area contributed by atoms with E-state index in [4.69, 9.17) is 23.2 Å². The van der Waals surface area contributed by atoms with Gasteiger partial charge in [0.25, 0.3) is 5.91 Å². The summed E-state index contributed by atoms with van der Waals surface area (Å²) in [4.78, 5) is 32.1. The van der Waals surface area contributed by atoms with Crippen molar-refractivity contribution in [3.05, 3.63) is 112 Å². The highest BCUT2D eigenvalue weighted by molar-refractivity contribution is 6.36. The number of carbonyl (C=O) groups is 2. The average Bonchev–Trinajstić information content (AvgIpc) is 3.00. The number of hydrogen-bond acceptors (Lipinski definition) is 5. The number of rotatable bonds is 7. The lowest BCUT2D eigenvalue weighted by atomic mass is 10.0. The van der Waals surface area contributed by atoms with Crippen LogP contribution in [0.2, 0.25) is 10.0 Å². The molecule has 1 aliphatic heterocycles. The van der Waals surface area contributed by atoms with E-state index in [1.165, 1.54) is 23.1 Å². The number of amides is 2. The van der Waals surface area contributed by atoms with E-state index in [2.05, 4.69) is 15.1 Å². The van der Waals surface area contributed by atoms with Crippen LogP contribution in [0, 0.1) is 5.82 Å². The summed E-state index contributed by atoms with van der Waals surface area (Å²) < 4.78 is 14.5. The first-order valence-electron chi connectivity index (χ1n) is 13.2. The van der Waals surface area contributed by atoms with Crippen LogP contribution in [-0.4, -0.2) is 64.5 Å². The molecule has 0 saturated carbocycles. The zero-order valence-corrected chi connectivity index (χ0v) is 23.9. The van der Waals surface area contributed by atoms with Crippen LogP contribution in [0.4, 0.5) is 10.2 Å². The van der Waals surface area contributed by atoms with Gasteiger partial charge in [0.2, 0.25) is 5.91 Å². The molecule has 4 aromatic rings. The number of benzene rings is 3. The Hall–Kier alpha value is -4.01. The molecule has 41 heavy (non-hydrogen) atoms. The molecular weight excluding hydrogens is 564 g/mol. The minimum absolute atomic E-state index is 0.0604. The number of hydrogen-bond donors (Lipinski definition) is 0. The molecule has 1 aromatic heterocycles. The molecule has 2 amide bonds. The topological polar surface area (TPSA) is 69.6 Å². The number of nitrogens with zero attached hydrogens (tertiary/aromatic N) is 5. The fourth-order valence-corrected chi connectivity index (χ4v) is 5.36. The van der Waals surface area contributed by atoms with Gasteiger partial charge in [0, 0.05) is 36.8 Å². The Kier molecular flexibility index (Phi) is 8.81. The largest absolute Gasteiger partial charge is 0.352 e. The highest BCUT2D eigenvalue weighted by atomic mass is 35.5. The molecule has 0 aliphatic carbocycles. The van der Waals surface area contributed by atoms with E-state index in [9.17, 15) is 14.0 Å². The summed E-state index contributed by atoms with van der Waals surface area (Å²) in [5.41, 5.74) is 2.17. The Morgan fingerprint density at radius 2 is 1.61 bits per heavy atom. The highest BCUT2D eigenvalue weighted by Gasteiger charge is 2.30. The van der Waals surface area contributed by atoms with Crippen molar-refractivity contribution in [3.63, 3.8) is 0 Å². The van der Waals surface area contributed by atoms with Crippen LogP contribution in [0.25, 0.3) is 11.3 Å². The van der Waals surface area contributed by atoms with Crippen molar-refractivity contribution in [1.29, 1.82) is 0 Å². The van der Waals surface area contributed by atoms with Gasteiger partial charge in [0.1, 0.15) is 12.4 Å². The van der Waals surface area contributed by atoms with Crippen molar-refractivity contribution in [2.75, 3.05) is 37.6 Å². The molecule has 1 fully saturated rings. The van der Waals surface area contributed by atoms with Gasteiger partial charge in [-0.1, -0.05) is 65.7 Å². The maximum atomic E-state index is 14.5. The standard InChI is InChI=1S/C31H28Cl2FN5O2/c1-21(22-7-3-2-4-8-22)39(31(41)25-9-5-6-10-27(25)34)20-30(40)38-17-15-37(16-18-38)29-14-13-28(35-36-29)24-12-11-23(32)19-26(24)33/h2-14,19,21H,15-18,20H2,1H3/t21-/m0/s1. The Balaban J connectivity index is 1.26. The molecule has 0 unspecified atom stereocenters. The highest BCUT2D eigenvalue weighted by Crippen LogP contribution is 2.29. The van der Waals surface area contributed by atoms with Crippen LogP contribution in [0.15, 0.2) is 84.9 Å². The third-order valence-electron chi connectivity index (χ3n) is 7.23. The summed E-state index contributed by atoms with van der Waals surface area (Å²) in [5, 5.41) is 9.75. The van der Waals surface area contributed by atoms with E-state index in [0.29, 0.717) is 47.7 Å². The maximum Gasteiger partial charge on any atom is 0.257 e. The molecule has 1 aliphatic rings. The van der Waals surface area contributed by atoms with E-state index in [1.807, 2.05) is 49.4 Å². The zero-order chi connectivity index (χ0) is 28.9. The minimum atomic E-state index is -0.616. The SMILES string of the molecule is C[C@@H](c1ccccc1)N(CC(=O)N1CCN(c2ccc(-c3ccc(Cl)cc3Cl)nn2)CC1)C(=O)c1ccccc1F. The van der Waals surface area contributed by atoms with Crippen molar-refractivity contribution in [2.45, 2.75) is 13.0 Å². The van der Waals surface area contributed by atoms with Crippen molar-refractivity contribution in [2.24, 2.45) is 0 Å². The van der Waals surface area contributed by atoms with Crippen LogP contribution in [0.1, 0.15) is 28.9 Å². The first-order valence-corrected chi connectivity index (χ1v) is 14.0. The number of carbonyl (C=O) groups excluding carboxylic acids is 2. The summed E-state index contributed by atoms with van der Waals surface area (Å²) >= 11 is 12.3. The quantitative estimate of drug-likeness (QED) is 0.258. The summed E-state index contributed by atoms with van der Waals surface area (Å²) in [5.74, 6) is -0.646. The summed E-state index contributed by atoms with van der Waals surface area (Å²) in [7, 11) is 0. The second-order valence-electron chi connectivity index (χ2n) is 9.77.